The zero-order chi connectivity index (χ0) is 27.4. The Hall–Kier alpha value is -0.760. The first kappa shape index (κ1) is 31.5. The van der Waals surface area contributed by atoms with Crippen LogP contribution in [0.2, 0.25) is 0 Å². The molecule has 210 valence electrons. The van der Waals surface area contributed by atoms with Crippen LogP contribution in [-0.2, 0) is 9.47 Å². The fraction of sp³-hybridized carbons (Fsp3) is 0.867. The van der Waals surface area contributed by atoms with Crippen molar-refractivity contribution < 1.29 is 29.9 Å². The van der Waals surface area contributed by atoms with Gasteiger partial charge < -0.3 is 29.9 Å². The zero-order valence-corrected chi connectivity index (χ0v) is 24.1. The van der Waals surface area contributed by atoms with Crippen LogP contribution in [0.1, 0.15) is 120 Å². The van der Waals surface area contributed by atoms with E-state index in [1.165, 1.54) is 11.1 Å². The third-order valence-corrected chi connectivity index (χ3v) is 8.39. The molecule has 0 unspecified atom stereocenters. The van der Waals surface area contributed by atoms with Crippen molar-refractivity contribution in [1.29, 1.82) is 0 Å². The number of rotatable bonds is 13. The summed E-state index contributed by atoms with van der Waals surface area (Å²) in [5.74, 6) is 0. The van der Waals surface area contributed by atoms with Crippen molar-refractivity contribution in [2.75, 3.05) is 0 Å². The van der Waals surface area contributed by atoms with Gasteiger partial charge in [-0.3, -0.25) is 0 Å². The predicted molar refractivity (Wildman–Crippen MR) is 145 cm³/mol. The van der Waals surface area contributed by atoms with Gasteiger partial charge in [-0.1, -0.05) is 23.3 Å². The van der Waals surface area contributed by atoms with Crippen molar-refractivity contribution in [3.05, 3.63) is 23.3 Å². The fourth-order valence-electron chi connectivity index (χ4n) is 5.41. The quantitative estimate of drug-likeness (QED) is 0.197. The summed E-state index contributed by atoms with van der Waals surface area (Å²) < 4.78 is 12.1. The summed E-state index contributed by atoms with van der Waals surface area (Å²) in [6.45, 7) is 15.2. The molecule has 0 radical (unpaired) electrons. The van der Waals surface area contributed by atoms with E-state index >= 15 is 0 Å². The molecule has 0 bridgehead atoms. The number of allylic oxidation sites excluding steroid dienone is 4. The fourth-order valence-corrected chi connectivity index (χ4v) is 5.41. The number of aliphatic hydroxyl groups excluding tert-OH is 2. The van der Waals surface area contributed by atoms with Crippen molar-refractivity contribution >= 4 is 0 Å². The Kier molecular flexibility index (Phi) is 10.8. The van der Waals surface area contributed by atoms with Gasteiger partial charge in [0.25, 0.3) is 0 Å². The van der Waals surface area contributed by atoms with E-state index in [0.717, 1.165) is 51.4 Å². The van der Waals surface area contributed by atoms with Crippen LogP contribution in [0.25, 0.3) is 0 Å². The highest BCUT2D eigenvalue weighted by Crippen LogP contribution is 2.40. The molecule has 2 aliphatic rings. The lowest BCUT2D eigenvalue weighted by atomic mass is 9.90. The molecule has 2 fully saturated rings. The zero-order valence-electron chi connectivity index (χ0n) is 24.1. The second-order valence-electron chi connectivity index (χ2n) is 13.0. The molecule has 0 aromatic carbocycles. The minimum atomic E-state index is -0.889. The van der Waals surface area contributed by atoms with Gasteiger partial charge in [-0.25, -0.2) is 0 Å². The van der Waals surface area contributed by atoms with Crippen LogP contribution in [0.3, 0.4) is 0 Å². The number of ether oxygens (including phenoxy) is 2. The molecule has 36 heavy (non-hydrogen) atoms. The number of hydrogen-bond acceptors (Lipinski definition) is 6. The summed E-state index contributed by atoms with van der Waals surface area (Å²) in [4.78, 5) is 0. The molecule has 0 aliphatic carbocycles. The molecule has 6 heteroatoms. The lowest BCUT2D eigenvalue weighted by Crippen LogP contribution is -2.43. The van der Waals surface area contributed by atoms with Crippen LogP contribution < -0.4 is 0 Å². The van der Waals surface area contributed by atoms with Crippen LogP contribution in [0.5, 0.6) is 0 Å². The average molecular weight is 511 g/mol. The van der Waals surface area contributed by atoms with E-state index in [9.17, 15) is 20.4 Å². The van der Waals surface area contributed by atoms with Gasteiger partial charge in [-0.05, 0) is 120 Å². The second-order valence-corrected chi connectivity index (χ2v) is 13.0. The van der Waals surface area contributed by atoms with Crippen molar-refractivity contribution in [3.63, 3.8) is 0 Å². The maximum Gasteiger partial charge on any atom is 0.0918 e. The molecule has 2 aliphatic heterocycles. The summed E-state index contributed by atoms with van der Waals surface area (Å²) in [7, 11) is 0. The van der Waals surface area contributed by atoms with E-state index < -0.39 is 34.6 Å². The molecule has 2 rings (SSSR count). The van der Waals surface area contributed by atoms with E-state index in [2.05, 4.69) is 26.0 Å². The highest BCUT2D eigenvalue weighted by Gasteiger charge is 2.47. The summed E-state index contributed by atoms with van der Waals surface area (Å²) >= 11 is 0. The third-order valence-electron chi connectivity index (χ3n) is 8.39. The Morgan fingerprint density at radius 3 is 1.39 bits per heavy atom. The monoisotopic (exact) mass is 510 g/mol. The predicted octanol–water partition coefficient (Wildman–Crippen LogP) is 5.36. The first-order chi connectivity index (χ1) is 16.5. The largest absolute Gasteiger partial charge is 0.390 e. The number of unbranched alkanes of at least 4 members (excludes halogenated alkanes) is 1. The molecule has 2 saturated heterocycles. The lowest BCUT2D eigenvalue weighted by molar-refractivity contribution is -0.153. The van der Waals surface area contributed by atoms with Crippen molar-refractivity contribution in [2.24, 2.45) is 0 Å². The van der Waals surface area contributed by atoms with E-state index in [1.807, 2.05) is 13.8 Å². The van der Waals surface area contributed by atoms with E-state index in [-0.39, 0.29) is 12.2 Å². The minimum Gasteiger partial charge on any atom is -0.390 e. The van der Waals surface area contributed by atoms with Crippen molar-refractivity contribution in [3.8, 4) is 0 Å². The van der Waals surface area contributed by atoms with Crippen molar-refractivity contribution in [1.82, 2.24) is 0 Å². The van der Waals surface area contributed by atoms with Gasteiger partial charge in [0.1, 0.15) is 0 Å². The molecular formula is C30H54O6. The standard InChI is InChI=1S/C30H54O6/c1-21(13-15-23(31)29(7)19-17-25(35-29)27(3,4)33)11-9-10-12-22(2)14-16-24(32)30(8)20-18-26(36-30)28(5,6)34/h11-12,23-26,31-34H,9-10,13-20H2,1-8H3/b21-11+,22-12+/t23-,24-,25-,26-,29+,30+/m1/s1. The molecule has 0 spiro atoms. The Morgan fingerprint density at radius 2 is 1.11 bits per heavy atom. The van der Waals surface area contributed by atoms with Gasteiger partial charge in [-0.15, -0.1) is 0 Å². The van der Waals surface area contributed by atoms with Gasteiger partial charge >= 0.3 is 0 Å². The van der Waals surface area contributed by atoms with Gasteiger partial charge in [-0.2, -0.15) is 0 Å². The van der Waals surface area contributed by atoms with Crippen LogP contribution in [0, 0.1) is 0 Å². The molecule has 6 nitrogen and oxygen atoms in total. The first-order valence-electron chi connectivity index (χ1n) is 13.9. The van der Waals surface area contributed by atoms with Gasteiger partial charge in [0.05, 0.1) is 46.8 Å². The normalized spacial score (nSPS) is 32.2. The summed E-state index contributed by atoms with van der Waals surface area (Å²) in [5.41, 5.74) is -0.428. The van der Waals surface area contributed by atoms with Crippen molar-refractivity contribution in [2.45, 2.75) is 166 Å². The molecule has 4 N–H and O–H groups in total. The van der Waals surface area contributed by atoms with Gasteiger partial charge in [0.2, 0.25) is 0 Å². The Morgan fingerprint density at radius 1 is 0.778 bits per heavy atom. The molecule has 6 atom stereocenters. The first-order valence-corrected chi connectivity index (χ1v) is 13.9. The highest BCUT2D eigenvalue weighted by molar-refractivity contribution is 5.05. The maximum atomic E-state index is 10.8. The summed E-state index contributed by atoms with van der Waals surface area (Å²) in [6, 6.07) is 0. The Balaban J connectivity index is 1.70. The number of aliphatic hydroxyl groups is 4. The van der Waals surface area contributed by atoms with Crippen LogP contribution >= 0.6 is 0 Å². The molecule has 2 heterocycles. The van der Waals surface area contributed by atoms with E-state index in [0.29, 0.717) is 12.8 Å². The molecular weight excluding hydrogens is 456 g/mol. The third kappa shape index (κ3) is 8.92. The maximum absolute atomic E-state index is 10.8. The topological polar surface area (TPSA) is 99.4 Å². The Bertz CT molecular complexity index is 696. The van der Waals surface area contributed by atoms with Crippen LogP contribution in [-0.4, -0.2) is 67.2 Å². The smallest absolute Gasteiger partial charge is 0.0918 e. The summed E-state index contributed by atoms with van der Waals surface area (Å²) in [6.07, 6.45) is 10.8. The van der Waals surface area contributed by atoms with Crippen LogP contribution in [0.15, 0.2) is 23.3 Å². The minimum absolute atomic E-state index is 0.233. The Labute approximate surface area is 219 Å². The second kappa shape index (κ2) is 12.4. The molecule has 0 aromatic rings. The van der Waals surface area contributed by atoms with E-state index in [1.54, 1.807) is 27.7 Å². The van der Waals surface area contributed by atoms with Crippen LogP contribution in [0.4, 0.5) is 0 Å². The van der Waals surface area contributed by atoms with Gasteiger partial charge in [0, 0.05) is 0 Å². The molecule has 0 aromatic heterocycles. The summed E-state index contributed by atoms with van der Waals surface area (Å²) in [5, 5.41) is 41.9. The lowest BCUT2D eigenvalue weighted by Gasteiger charge is -2.33. The number of hydrogen-bond donors (Lipinski definition) is 4. The van der Waals surface area contributed by atoms with Gasteiger partial charge in [0.15, 0.2) is 0 Å². The SMILES string of the molecule is C/C(=C\CC/C=C(\C)CC[C@@H](O)[C@]1(C)CC[C@H](C(C)(C)O)O1)CC[C@@H](O)[C@]1(C)CC[C@H](C(C)(C)O)O1. The van der Waals surface area contributed by atoms with E-state index in [4.69, 9.17) is 9.47 Å². The average Bonchev–Trinajstić information content (AvgIpc) is 3.38. The molecule has 0 saturated carbocycles. The molecule has 0 amide bonds. The highest BCUT2D eigenvalue weighted by atomic mass is 16.5.